The van der Waals surface area contributed by atoms with E-state index in [1.165, 1.54) is 4.90 Å². The molecule has 2 bridgehead atoms. The maximum Gasteiger partial charge on any atom is 0.337 e. The van der Waals surface area contributed by atoms with Crippen LogP contribution in [0.1, 0.15) is 45.5 Å². The Balaban J connectivity index is 1.06. The molecule has 3 saturated heterocycles. The van der Waals surface area contributed by atoms with Gasteiger partial charge in [-0.25, -0.2) is 9.18 Å². The predicted octanol–water partition coefficient (Wildman–Crippen LogP) is 6.33. The quantitative estimate of drug-likeness (QED) is 0.323. The highest BCUT2D eigenvalue weighted by Crippen LogP contribution is 2.46. The fraction of sp³-hybridized carbons (Fsp3) is 0.429. The number of carboxylic acid groups (broad SMARTS) is 1. The number of carbonyl (C=O) groups excluding carboxylic acids is 1. The van der Waals surface area contributed by atoms with Crippen molar-refractivity contribution in [2.45, 2.75) is 44.0 Å². The molecule has 0 aromatic heterocycles. The topological polar surface area (TPSA) is 91.8 Å². The van der Waals surface area contributed by atoms with Crippen molar-refractivity contribution in [3.63, 3.8) is 0 Å². The van der Waals surface area contributed by atoms with Crippen LogP contribution in [0.5, 0.6) is 5.75 Å². The number of amides is 1. The van der Waals surface area contributed by atoms with E-state index in [9.17, 15) is 14.7 Å². The highest BCUT2D eigenvalue weighted by atomic mass is 35.5. The number of morpholine rings is 1. The molecule has 1 aliphatic carbocycles. The minimum atomic E-state index is -1.19. The van der Waals surface area contributed by atoms with Crippen LogP contribution in [-0.4, -0.2) is 80.2 Å². The molecule has 1 saturated carbocycles. The van der Waals surface area contributed by atoms with Gasteiger partial charge in [0.1, 0.15) is 11.6 Å². The van der Waals surface area contributed by atoms with Crippen molar-refractivity contribution in [2.24, 2.45) is 11.8 Å². The van der Waals surface area contributed by atoms with E-state index in [1.807, 2.05) is 6.07 Å². The number of benzene rings is 3. The maximum absolute atomic E-state index is 15.7. The Morgan fingerprint density at radius 1 is 1.02 bits per heavy atom. The molecule has 3 aromatic rings. The van der Waals surface area contributed by atoms with Gasteiger partial charge in [0.2, 0.25) is 0 Å². The second kappa shape index (κ2) is 11.8. The molecule has 47 heavy (non-hydrogen) atoms. The van der Waals surface area contributed by atoms with Crippen molar-refractivity contribution in [1.29, 1.82) is 0 Å². The minimum Gasteiger partial charge on any atom is -0.478 e. The minimum absolute atomic E-state index is 0.0341. The third-order valence-corrected chi connectivity index (χ3v) is 11.2. The standard InChI is InChI=1S/C35H34Cl2FN3O6/c1-45-31-7-19-13-39(14-26(19)31)22-8-27(36)32(28(37)9-22)34(42)40-12-18-3-2-4-23(33(18)47-17-40)24-11-30(25(35(43)44)10-29(24)38)41-20-5-6-21(41)16-46-15-20/h2-4,8-11,19-21,26,31H,5-7,12-17H2,1H3,(H,43,44)/t19-,20?,21?,26+,31-/m0/s1. The number of hydrogen-bond donors (Lipinski definition) is 1. The summed E-state index contributed by atoms with van der Waals surface area (Å²) in [6.07, 6.45) is 3.09. The van der Waals surface area contributed by atoms with Gasteiger partial charge in [-0.05, 0) is 49.4 Å². The molecule has 5 atom stereocenters. The number of rotatable bonds is 6. The molecular formula is C35H34Cl2FN3O6. The Morgan fingerprint density at radius 3 is 2.47 bits per heavy atom. The molecule has 12 heteroatoms. The first-order valence-corrected chi connectivity index (χ1v) is 16.7. The zero-order chi connectivity index (χ0) is 32.6. The van der Waals surface area contributed by atoms with E-state index in [0.29, 0.717) is 47.6 Å². The fourth-order valence-electron chi connectivity index (χ4n) is 8.22. The summed E-state index contributed by atoms with van der Waals surface area (Å²) in [5.74, 6) is -0.706. The summed E-state index contributed by atoms with van der Waals surface area (Å²) in [7, 11) is 1.75. The molecule has 2 unspecified atom stereocenters. The van der Waals surface area contributed by atoms with Gasteiger partial charge in [-0.3, -0.25) is 4.79 Å². The van der Waals surface area contributed by atoms with Crippen LogP contribution in [0.25, 0.3) is 11.1 Å². The average Bonchev–Trinajstić information content (AvgIpc) is 3.51. The number of carboxylic acids is 1. The summed E-state index contributed by atoms with van der Waals surface area (Å²) < 4.78 is 33.1. The number of ether oxygens (including phenoxy) is 3. The van der Waals surface area contributed by atoms with Crippen molar-refractivity contribution < 1.29 is 33.3 Å². The lowest BCUT2D eigenvalue weighted by atomic mass is 9.73. The zero-order valence-electron chi connectivity index (χ0n) is 25.8. The summed E-state index contributed by atoms with van der Waals surface area (Å²) in [4.78, 5) is 31.9. The fourth-order valence-corrected chi connectivity index (χ4v) is 8.86. The van der Waals surface area contributed by atoms with Gasteiger partial charge < -0.3 is 34.0 Å². The normalized spacial score (nSPS) is 26.0. The second-order valence-corrected chi connectivity index (χ2v) is 14.0. The molecule has 246 valence electrons. The maximum atomic E-state index is 15.7. The number of methoxy groups -OCH3 is 1. The van der Waals surface area contributed by atoms with E-state index >= 15 is 4.39 Å². The van der Waals surface area contributed by atoms with Crippen molar-refractivity contribution in [2.75, 3.05) is 49.9 Å². The Hall–Kier alpha value is -3.57. The van der Waals surface area contributed by atoms with E-state index in [2.05, 4.69) is 9.80 Å². The van der Waals surface area contributed by atoms with Gasteiger partial charge in [0.25, 0.3) is 5.91 Å². The highest BCUT2D eigenvalue weighted by molar-refractivity contribution is 6.40. The van der Waals surface area contributed by atoms with Gasteiger partial charge in [0, 0.05) is 48.5 Å². The largest absolute Gasteiger partial charge is 0.478 e. The van der Waals surface area contributed by atoms with Gasteiger partial charge in [0.15, 0.2) is 6.73 Å². The van der Waals surface area contributed by atoms with Gasteiger partial charge in [-0.2, -0.15) is 0 Å². The number of anilines is 2. The Labute approximate surface area is 281 Å². The lowest BCUT2D eigenvalue weighted by molar-refractivity contribution is -0.0389. The third kappa shape index (κ3) is 5.12. The summed E-state index contributed by atoms with van der Waals surface area (Å²) in [5.41, 5.74) is 2.89. The summed E-state index contributed by atoms with van der Waals surface area (Å²) in [6, 6.07) is 11.7. The lowest BCUT2D eigenvalue weighted by Crippen LogP contribution is -2.46. The molecule has 9 nitrogen and oxygen atoms in total. The summed E-state index contributed by atoms with van der Waals surface area (Å²) in [5, 5.41) is 10.5. The summed E-state index contributed by atoms with van der Waals surface area (Å²) in [6.45, 7) is 2.86. The molecule has 1 amide bonds. The highest BCUT2D eigenvalue weighted by Gasteiger charge is 2.47. The van der Waals surface area contributed by atoms with E-state index < -0.39 is 11.8 Å². The van der Waals surface area contributed by atoms with Crippen LogP contribution in [0.4, 0.5) is 15.8 Å². The molecule has 5 aliphatic rings. The first kappa shape index (κ1) is 30.7. The monoisotopic (exact) mass is 681 g/mol. The number of nitrogens with zero attached hydrogens (tertiary/aromatic N) is 3. The molecule has 3 aromatic carbocycles. The van der Waals surface area contributed by atoms with E-state index in [4.69, 9.17) is 37.4 Å². The van der Waals surface area contributed by atoms with Crippen LogP contribution >= 0.6 is 23.2 Å². The first-order valence-electron chi connectivity index (χ1n) is 16.0. The van der Waals surface area contributed by atoms with Crippen molar-refractivity contribution in [3.05, 3.63) is 75.0 Å². The molecule has 8 rings (SSSR count). The second-order valence-electron chi connectivity index (χ2n) is 13.2. The van der Waals surface area contributed by atoms with Crippen LogP contribution in [-0.2, 0) is 16.0 Å². The van der Waals surface area contributed by atoms with Gasteiger partial charge in [-0.15, -0.1) is 0 Å². The van der Waals surface area contributed by atoms with Crippen molar-refractivity contribution >= 4 is 46.5 Å². The van der Waals surface area contributed by atoms with E-state index in [0.717, 1.165) is 44.1 Å². The Morgan fingerprint density at radius 2 is 1.77 bits per heavy atom. The molecule has 1 N–H and O–H groups in total. The predicted molar refractivity (Wildman–Crippen MR) is 175 cm³/mol. The third-order valence-electron chi connectivity index (χ3n) is 10.6. The number of halogens is 3. The molecule has 4 fully saturated rings. The van der Waals surface area contributed by atoms with E-state index in [-0.39, 0.29) is 64.1 Å². The molecular weight excluding hydrogens is 648 g/mol. The number of hydrogen-bond acceptors (Lipinski definition) is 7. The van der Waals surface area contributed by atoms with E-state index in [1.54, 1.807) is 37.4 Å². The average molecular weight is 683 g/mol. The van der Waals surface area contributed by atoms with Gasteiger partial charge >= 0.3 is 5.97 Å². The van der Waals surface area contributed by atoms with Gasteiger partial charge in [-0.1, -0.05) is 41.4 Å². The Bertz CT molecular complexity index is 1750. The summed E-state index contributed by atoms with van der Waals surface area (Å²) >= 11 is 13.4. The van der Waals surface area contributed by atoms with Crippen LogP contribution < -0.4 is 14.5 Å². The zero-order valence-corrected chi connectivity index (χ0v) is 27.3. The lowest BCUT2D eigenvalue weighted by Gasteiger charge is -2.37. The SMILES string of the molecule is CO[C@H]1C[C@H]2CN(c3cc(Cl)c(C(=O)N4COc5c(cccc5-c5cc(N6C7CCC6COC7)c(C(=O)O)cc5F)C4)c(Cl)c3)C[C@H]21. The Kier molecular flexibility index (Phi) is 7.74. The molecule has 4 aliphatic heterocycles. The number of para-hydroxylation sites is 1. The number of aromatic carboxylic acids is 1. The smallest absolute Gasteiger partial charge is 0.337 e. The number of carbonyl (C=O) groups is 2. The first-order chi connectivity index (χ1) is 22.7. The van der Waals surface area contributed by atoms with Crippen molar-refractivity contribution in [1.82, 2.24) is 4.90 Å². The van der Waals surface area contributed by atoms with Crippen LogP contribution in [0.2, 0.25) is 10.0 Å². The molecule has 0 spiro atoms. The van der Waals surface area contributed by atoms with Gasteiger partial charge in [0.05, 0.1) is 64.8 Å². The molecule has 0 radical (unpaired) electrons. The van der Waals surface area contributed by atoms with Crippen LogP contribution in [0.3, 0.4) is 0 Å². The van der Waals surface area contributed by atoms with Crippen molar-refractivity contribution in [3.8, 4) is 16.9 Å². The van der Waals surface area contributed by atoms with Crippen LogP contribution in [0, 0.1) is 17.7 Å². The number of fused-ring (bicyclic) bond motifs is 4. The van der Waals surface area contributed by atoms with Crippen LogP contribution in [0.15, 0.2) is 42.5 Å². The molecule has 4 heterocycles.